The molecule has 3 aliphatic rings. The fourth-order valence-electron chi connectivity index (χ4n) is 5.51. The van der Waals surface area contributed by atoms with Crippen LogP contribution < -0.4 is 4.90 Å². The summed E-state index contributed by atoms with van der Waals surface area (Å²) in [6.07, 6.45) is -13.2. The van der Waals surface area contributed by atoms with E-state index in [4.69, 9.17) is 8.85 Å². The summed E-state index contributed by atoms with van der Waals surface area (Å²) >= 11 is 1.41. The number of hydrogen-bond donors (Lipinski definition) is 4. The number of nitrogens with zero attached hydrogens (tertiary/aromatic N) is 3. The second-order valence-electron chi connectivity index (χ2n) is 10.3. The normalized spacial score (nSPS) is 30.0. The van der Waals surface area contributed by atoms with Gasteiger partial charge >= 0.3 is 12.1 Å². The van der Waals surface area contributed by atoms with Crippen LogP contribution in [-0.4, -0.2) is 113 Å². The number of piperazine rings is 1. The minimum Gasteiger partial charge on any atom is -0.479 e. The molecule has 0 radical (unpaired) electrons. The minimum atomic E-state index is -4.49. The number of carbonyl (C=O) groups is 1. The molecule has 0 bridgehead atoms. The number of aliphatic hydroxyl groups excluding tert-OH is 3. The zero-order valence-corrected chi connectivity index (χ0v) is 22.2. The van der Waals surface area contributed by atoms with Crippen LogP contribution in [0.15, 0.2) is 52.3 Å². The van der Waals surface area contributed by atoms with Crippen molar-refractivity contribution in [3.05, 3.63) is 48.0 Å². The van der Waals surface area contributed by atoms with Crippen molar-refractivity contribution in [1.29, 1.82) is 0 Å². The molecular formula is C27H33F3N3O6S+. The van der Waals surface area contributed by atoms with Crippen LogP contribution in [0.2, 0.25) is 0 Å². The lowest BCUT2D eigenvalue weighted by atomic mass is 9.96. The van der Waals surface area contributed by atoms with Gasteiger partial charge in [0.05, 0.1) is 41.1 Å². The van der Waals surface area contributed by atoms with E-state index in [9.17, 15) is 38.4 Å². The van der Waals surface area contributed by atoms with Crippen molar-refractivity contribution >= 4 is 29.1 Å². The molecule has 4 N–H and O–H groups in total. The molecule has 40 heavy (non-hydrogen) atoms. The van der Waals surface area contributed by atoms with Gasteiger partial charge in [-0.05, 0) is 36.8 Å². The molecule has 3 aliphatic heterocycles. The quantitative estimate of drug-likeness (QED) is 0.379. The third-order valence-electron chi connectivity index (χ3n) is 7.76. The Kier molecular flexibility index (Phi) is 7.04. The van der Waals surface area contributed by atoms with Crippen LogP contribution in [0.3, 0.4) is 0 Å². The molecule has 9 nitrogen and oxygen atoms in total. The Morgan fingerprint density at radius 3 is 2.42 bits per heavy atom. The topological polar surface area (TPSA) is 114 Å². The standard InChI is InChI=1S/C27H32F3N3O6S/c1-33(25-23(36)21(34)22(35)24(39-25)26(37)38)13-11-31(12-14-33)9-4-10-32-17-5-2-3-6-19(17)40-20-8-7-16(15-18(20)32)27(28,29)30/h2-3,5-8,15,21-25,34-36H,4,9-14H2,1H3/p+1/t21-,22-,23+,24-,25+/m0/s1/i1D3. The minimum absolute atomic E-state index is 0.0612. The van der Waals surface area contributed by atoms with E-state index < -0.39 is 59.8 Å². The van der Waals surface area contributed by atoms with E-state index in [0.29, 0.717) is 30.1 Å². The van der Waals surface area contributed by atoms with Crippen LogP contribution in [0.25, 0.3) is 0 Å². The number of alkyl halides is 3. The van der Waals surface area contributed by atoms with Gasteiger partial charge in [0.1, 0.15) is 12.2 Å². The first-order chi connectivity index (χ1) is 20.1. The van der Waals surface area contributed by atoms with Crippen molar-refractivity contribution in [3.63, 3.8) is 0 Å². The number of aliphatic hydroxyl groups is 3. The van der Waals surface area contributed by atoms with Gasteiger partial charge in [-0.2, -0.15) is 13.2 Å². The maximum absolute atomic E-state index is 13.5. The largest absolute Gasteiger partial charge is 0.479 e. The fourth-order valence-corrected chi connectivity index (χ4v) is 6.59. The lowest BCUT2D eigenvalue weighted by Gasteiger charge is -2.51. The Balaban J connectivity index is 1.29. The third kappa shape index (κ3) is 5.56. The van der Waals surface area contributed by atoms with Crippen molar-refractivity contribution < 1.29 is 51.7 Å². The molecule has 0 unspecified atom stereocenters. The number of halogens is 3. The van der Waals surface area contributed by atoms with Gasteiger partial charge in [-0.3, -0.25) is 9.38 Å². The molecule has 0 saturated carbocycles. The van der Waals surface area contributed by atoms with Crippen molar-refractivity contribution in [1.82, 2.24) is 4.90 Å². The molecule has 0 spiro atoms. The van der Waals surface area contributed by atoms with Crippen LogP contribution in [0.5, 0.6) is 0 Å². The molecule has 2 aromatic carbocycles. The number of benzene rings is 2. The zero-order valence-electron chi connectivity index (χ0n) is 24.4. The first-order valence-corrected chi connectivity index (χ1v) is 13.7. The van der Waals surface area contributed by atoms with Gasteiger partial charge in [-0.25, -0.2) is 4.79 Å². The average Bonchev–Trinajstić information content (AvgIpc) is 2.94. The highest BCUT2D eigenvalue weighted by Gasteiger charge is 2.54. The molecule has 2 aromatic rings. The van der Waals surface area contributed by atoms with Gasteiger partial charge in [-0.15, -0.1) is 0 Å². The van der Waals surface area contributed by atoms with Crippen molar-refractivity contribution in [2.45, 2.75) is 53.0 Å². The molecule has 2 saturated heterocycles. The molecule has 2 fully saturated rings. The molecule has 5 atom stereocenters. The second kappa shape index (κ2) is 11.1. The van der Waals surface area contributed by atoms with Gasteiger partial charge in [0, 0.05) is 36.0 Å². The third-order valence-corrected chi connectivity index (χ3v) is 8.89. The van der Waals surface area contributed by atoms with Gasteiger partial charge in [0.15, 0.2) is 12.2 Å². The van der Waals surface area contributed by atoms with E-state index in [-0.39, 0.29) is 26.2 Å². The number of likely N-dealkylation sites (N-methyl/N-ethyl adjacent to an activating group) is 1. The second-order valence-corrected chi connectivity index (χ2v) is 11.4. The van der Waals surface area contributed by atoms with Crippen LogP contribution >= 0.6 is 11.8 Å². The van der Waals surface area contributed by atoms with Crippen LogP contribution in [0.1, 0.15) is 16.1 Å². The number of para-hydroxylation sites is 1. The first-order valence-electron chi connectivity index (χ1n) is 14.4. The number of carboxylic acid groups (broad SMARTS) is 1. The summed E-state index contributed by atoms with van der Waals surface area (Å²) in [7, 11) is 0. The van der Waals surface area contributed by atoms with E-state index in [1.807, 2.05) is 34.1 Å². The van der Waals surface area contributed by atoms with E-state index in [1.165, 1.54) is 17.8 Å². The molecule has 218 valence electrons. The number of rotatable bonds is 6. The lowest BCUT2D eigenvalue weighted by Crippen LogP contribution is -2.72. The molecule has 0 aromatic heterocycles. The van der Waals surface area contributed by atoms with Crippen molar-refractivity contribution in [2.24, 2.45) is 0 Å². The van der Waals surface area contributed by atoms with Crippen LogP contribution in [-0.2, 0) is 15.7 Å². The molecule has 13 heteroatoms. The van der Waals surface area contributed by atoms with Crippen molar-refractivity contribution in [2.75, 3.05) is 51.1 Å². The highest BCUT2D eigenvalue weighted by atomic mass is 32.2. The Labute approximate surface area is 238 Å². The summed E-state index contributed by atoms with van der Waals surface area (Å²) in [5.74, 6) is -1.59. The number of ether oxygens (including phenoxy) is 1. The predicted molar refractivity (Wildman–Crippen MR) is 140 cm³/mol. The van der Waals surface area contributed by atoms with Crippen LogP contribution in [0, 0.1) is 0 Å². The van der Waals surface area contributed by atoms with Gasteiger partial charge in [0.25, 0.3) is 0 Å². The maximum Gasteiger partial charge on any atom is 0.416 e. The summed E-state index contributed by atoms with van der Waals surface area (Å²) in [6, 6.07) is 11.2. The van der Waals surface area contributed by atoms with Gasteiger partial charge in [-0.1, -0.05) is 23.9 Å². The Bertz CT molecular complexity index is 1350. The summed E-state index contributed by atoms with van der Waals surface area (Å²) in [6.45, 7) is -1.49. The summed E-state index contributed by atoms with van der Waals surface area (Å²) in [4.78, 5) is 17.1. The van der Waals surface area contributed by atoms with Crippen LogP contribution in [0.4, 0.5) is 24.5 Å². The fraction of sp³-hybridized carbons (Fsp3) is 0.519. The summed E-state index contributed by atoms with van der Waals surface area (Å²) in [5.41, 5.74) is 0.529. The molecule has 5 rings (SSSR count). The number of quaternary nitrogens is 1. The molecule has 0 aliphatic carbocycles. The van der Waals surface area contributed by atoms with E-state index >= 15 is 0 Å². The number of hydrogen-bond acceptors (Lipinski definition) is 8. The number of carboxylic acids is 1. The Morgan fingerprint density at radius 1 is 1.05 bits per heavy atom. The SMILES string of the molecule is [2H]C([2H])([2H])[N+]1([C@@H]2O[C@H](C(=O)O)[C@@H](O)[C@H](O)[C@H]2O)CCN(CCCN2c3ccccc3Sc3ccc(C(F)(F)F)cc32)CC1. The lowest BCUT2D eigenvalue weighted by molar-refractivity contribution is -0.964. The number of fused-ring (bicyclic) bond motifs is 2. The highest BCUT2D eigenvalue weighted by Crippen LogP contribution is 2.49. The van der Waals surface area contributed by atoms with Gasteiger partial charge < -0.3 is 30.1 Å². The zero-order chi connectivity index (χ0) is 31.3. The van der Waals surface area contributed by atoms with E-state index in [1.54, 1.807) is 0 Å². The van der Waals surface area contributed by atoms with E-state index in [0.717, 1.165) is 22.7 Å². The number of aliphatic carboxylic acids is 1. The van der Waals surface area contributed by atoms with Gasteiger partial charge in [0.2, 0.25) is 6.23 Å². The monoisotopic (exact) mass is 587 g/mol. The number of anilines is 2. The van der Waals surface area contributed by atoms with Crippen molar-refractivity contribution in [3.8, 4) is 0 Å². The highest BCUT2D eigenvalue weighted by molar-refractivity contribution is 7.99. The smallest absolute Gasteiger partial charge is 0.416 e. The first kappa shape index (κ1) is 25.3. The van der Waals surface area contributed by atoms with E-state index in [2.05, 4.69) is 0 Å². The summed E-state index contributed by atoms with van der Waals surface area (Å²) in [5, 5.41) is 40.5. The Hall–Kier alpha value is -2.39. The molecule has 3 heterocycles. The average molecular weight is 588 g/mol. The molecule has 0 amide bonds. The predicted octanol–water partition coefficient (Wildman–Crippen LogP) is 2.35. The Morgan fingerprint density at radius 2 is 1.75 bits per heavy atom. The maximum atomic E-state index is 13.5. The molecular weight excluding hydrogens is 551 g/mol. The summed E-state index contributed by atoms with van der Waals surface area (Å²) < 4.78 is 70.0.